The Morgan fingerprint density at radius 1 is 1.13 bits per heavy atom. The number of ether oxygens (including phenoxy) is 2. The summed E-state index contributed by atoms with van der Waals surface area (Å²) in [4.78, 5) is 30.6. The van der Waals surface area contributed by atoms with E-state index in [0.717, 1.165) is 11.1 Å². The fraction of sp³-hybridized carbons (Fsp3) is 0.207. The first-order valence-corrected chi connectivity index (χ1v) is 12.4. The normalized spacial score (nSPS) is 20.3. The summed E-state index contributed by atoms with van der Waals surface area (Å²) in [5, 5.41) is 6.40. The van der Waals surface area contributed by atoms with Crippen molar-refractivity contribution in [2.45, 2.75) is 30.7 Å². The molecule has 0 spiro atoms. The highest BCUT2D eigenvalue weighted by Gasteiger charge is 2.58. The second kappa shape index (κ2) is 10.8. The second-order valence-corrected chi connectivity index (χ2v) is 9.49. The molecule has 2 aliphatic heterocycles. The molecule has 2 aliphatic rings. The number of halogens is 2. The predicted molar refractivity (Wildman–Crippen MR) is 141 cm³/mol. The Hall–Kier alpha value is -4.01. The van der Waals surface area contributed by atoms with Gasteiger partial charge in [-0.2, -0.15) is 0 Å². The van der Waals surface area contributed by atoms with Crippen LogP contribution in [0, 0.1) is 5.82 Å². The minimum Gasteiger partial charge on any atom is -0.466 e. The number of amides is 1. The van der Waals surface area contributed by atoms with Crippen molar-refractivity contribution >= 4 is 29.2 Å². The van der Waals surface area contributed by atoms with E-state index in [2.05, 4.69) is 15.6 Å². The maximum Gasteiger partial charge on any atom is 0.337 e. The average molecular weight is 534 g/mol. The summed E-state index contributed by atoms with van der Waals surface area (Å²) >= 11 is 6.12. The molecule has 0 saturated carbocycles. The Kier molecular flexibility index (Phi) is 7.26. The number of nitrogens with zero attached hydrogens (tertiary/aromatic N) is 1. The molecule has 0 aliphatic carbocycles. The maximum atomic E-state index is 14.2. The summed E-state index contributed by atoms with van der Waals surface area (Å²) in [5.74, 6) is -1.63. The molecule has 1 aromatic heterocycles. The minimum absolute atomic E-state index is 0.107. The van der Waals surface area contributed by atoms with Crippen LogP contribution in [0.1, 0.15) is 11.1 Å². The van der Waals surface area contributed by atoms with E-state index in [0.29, 0.717) is 12.1 Å². The molecule has 0 saturated heterocycles. The largest absolute Gasteiger partial charge is 0.466 e. The Morgan fingerprint density at radius 2 is 1.89 bits per heavy atom. The molecule has 2 bridgehead atoms. The predicted octanol–water partition coefficient (Wildman–Crippen LogP) is 4.39. The Morgan fingerprint density at radius 3 is 2.61 bits per heavy atom. The fourth-order valence-electron chi connectivity index (χ4n) is 4.93. The lowest BCUT2D eigenvalue weighted by Crippen LogP contribution is -2.49. The van der Waals surface area contributed by atoms with E-state index >= 15 is 0 Å². The zero-order valence-electron chi connectivity index (χ0n) is 20.5. The molecular weight excluding hydrogens is 509 g/mol. The van der Waals surface area contributed by atoms with Crippen LogP contribution in [0.5, 0.6) is 0 Å². The number of methoxy groups -OCH3 is 1. The van der Waals surface area contributed by atoms with Crippen LogP contribution in [-0.4, -0.2) is 41.7 Å². The van der Waals surface area contributed by atoms with E-state index < -0.39 is 35.4 Å². The van der Waals surface area contributed by atoms with Crippen molar-refractivity contribution in [2.24, 2.45) is 0 Å². The number of benzene rings is 2. The third-order valence-corrected chi connectivity index (χ3v) is 6.84. The minimum atomic E-state index is -1.35. The molecule has 7 nitrogen and oxygen atoms in total. The summed E-state index contributed by atoms with van der Waals surface area (Å²) < 4.78 is 25.7. The molecule has 0 fully saturated rings. The van der Waals surface area contributed by atoms with Crippen LogP contribution in [0.3, 0.4) is 0 Å². The van der Waals surface area contributed by atoms with Crippen LogP contribution in [0.15, 0.2) is 96.4 Å². The molecule has 38 heavy (non-hydrogen) atoms. The van der Waals surface area contributed by atoms with E-state index in [1.165, 1.54) is 19.2 Å². The standard InChI is InChI=1S/C29H25ClFN3O4/c1-37-28(36)26-25(27(35)33-17-19-8-11-32-12-9-19)23-7-10-29(26,38-23)24(13-18-5-3-2-4-6-18)34-22-15-20(30)14-21(31)16-22/h2-12,14-16,23-24,34H,13,17H2,1H3,(H,33,35). The van der Waals surface area contributed by atoms with E-state index in [4.69, 9.17) is 21.1 Å². The highest BCUT2D eigenvalue weighted by atomic mass is 35.5. The van der Waals surface area contributed by atoms with Crippen molar-refractivity contribution in [2.75, 3.05) is 12.4 Å². The summed E-state index contributed by atoms with van der Waals surface area (Å²) in [6, 6.07) is 16.7. The quantitative estimate of drug-likeness (QED) is 0.313. The highest BCUT2D eigenvalue weighted by Crippen LogP contribution is 2.47. The van der Waals surface area contributed by atoms with Gasteiger partial charge in [0.15, 0.2) is 0 Å². The van der Waals surface area contributed by atoms with Crippen LogP contribution in [-0.2, 0) is 32.0 Å². The van der Waals surface area contributed by atoms with Gasteiger partial charge >= 0.3 is 5.97 Å². The molecule has 0 radical (unpaired) electrons. The number of aromatic nitrogens is 1. The third-order valence-electron chi connectivity index (χ3n) is 6.63. The molecule has 2 N–H and O–H groups in total. The van der Waals surface area contributed by atoms with Gasteiger partial charge in [0, 0.05) is 29.6 Å². The lowest BCUT2D eigenvalue weighted by Gasteiger charge is -2.36. The van der Waals surface area contributed by atoms with Gasteiger partial charge in [0.25, 0.3) is 5.91 Å². The van der Waals surface area contributed by atoms with Gasteiger partial charge in [0.05, 0.1) is 24.3 Å². The Bertz CT molecular complexity index is 1390. The Balaban J connectivity index is 1.54. The van der Waals surface area contributed by atoms with Crippen molar-refractivity contribution in [1.29, 1.82) is 0 Å². The first-order chi connectivity index (χ1) is 18.4. The fourth-order valence-corrected chi connectivity index (χ4v) is 5.15. The van der Waals surface area contributed by atoms with Gasteiger partial charge in [-0.3, -0.25) is 9.78 Å². The van der Waals surface area contributed by atoms with Gasteiger partial charge in [-0.15, -0.1) is 0 Å². The monoisotopic (exact) mass is 533 g/mol. The molecule has 3 heterocycles. The van der Waals surface area contributed by atoms with Gasteiger partial charge in [-0.1, -0.05) is 48.0 Å². The van der Waals surface area contributed by atoms with Gasteiger partial charge in [-0.25, -0.2) is 9.18 Å². The number of pyridine rings is 1. The zero-order chi connectivity index (χ0) is 26.7. The van der Waals surface area contributed by atoms with Crippen molar-refractivity contribution in [3.63, 3.8) is 0 Å². The number of hydrogen-bond acceptors (Lipinski definition) is 6. The molecule has 2 aromatic carbocycles. The van der Waals surface area contributed by atoms with Crippen molar-refractivity contribution in [1.82, 2.24) is 10.3 Å². The van der Waals surface area contributed by atoms with E-state index in [-0.39, 0.29) is 22.7 Å². The van der Waals surface area contributed by atoms with Gasteiger partial charge < -0.3 is 20.1 Å². The van der Waals surface area contributed by atoms with Crippen LogP contribution >= 0.6 is 11.6 Å². The molecule has 9 heteroatoms. The van der Waals surface area contributed by atoms with E-state index in [1.807, 2.05) is 30.3 Å². The highest BCUT2D eigenvalue weighted by molar-refractivity contribution is 6.30. The molecule has 3 aromatic rings. The molecule has 1 amide bonds. The molecule has 3 atom stereocenters. The average Bonchev–Trinajstić information content (AvgIpc) is 3.50. The van der Waals surface area contributed by atoms with Crippen LogP contribution in [0.25, 0.3) is 0 Å². The number of hydrogen-bond donors (Lipinski definition) is 2. The SMILES string of the molecule is COC(=O)C1=C(C(=O)NCc2ccncc2)C2C=CC1(C(Cc1ccccc1)Nc1cc(F)cc(Cl)c1)O2. The molecule has 194 valence electrons. The summed E-state index contributed by atoms with van der Waals surface area (Å²) in [5.41, 5.74) is 1.15. The topological polar surface area (TPSA) is 89.6 Å². The van der Waals surface area contributed by atoms with Crippen molar-refractivity contribution in [3.05, 3.63) is 118 Å². The number of rotatable bonds is 9. The molecule has 3 unspecified atom stereocenters. The number of nitrogens with one attached hydrogen (secondary N) is 2. The first kappa shape index (κ1) is 25.6. The number of fused-ring (bicyclic) bond motifs is 2. The molecular formula is C29H25ClFN3O4. The van der Waals surface area contributed by atoms with Crippen LogP contribution in [0.2, 0.25) is 5.02 Å². The van der Waals surface area contributed by atoms with Crippen LogP contribution < -0.4 is 10.6 Å². The second-order valence-electron chi connectivity index (χ2n) is 9.05. The lowest BCUT2D eigenvalue weighted by atomic mass is 9.78. The number of carbonyl (C=O) groups excluding carboxylic acids is 2. The van der Waals surface area contributed by atoms with Gasteiger partial charge in [0.1, 0.15) is 17.5 Å². The van der Waals surface area contributed by atoms with Gasteiger partial charge in [-0.05, 0) is 54.0 Å². The third kappa shape index (κ3) is 5.05. The van der Waals surface area contributed by atoms with Crippen molar-refractivity contribution in [3.8, 4) is 0 Å². The smallest absolute Gasteiger partial charge is 0.337 e. The summed E-state index contributed by atoms with van der Waals surface area (Å²) in [6.45, 7) is 0.246. The zero-order valence-corrected chi connectivity index (χ0v) is 21.2. The summed E-state index contributed by atoms with van der Waals surface area (Å²) in [7, 11) is 1.26. The number of esters is 1. The van der Waals surface area contributed by atoms with E-state index in [1.54, 1.807) is 42.7 Å². The van der Waals surface area contributed by atoms with Gasteiger partial charge in [0.2, 0.25) is 0 Å². The number of carbonyl (C=O) groups is 2. The first-order valence-electron chi connectivity index (χ1n) is 12.0. The van der Waals surface area contributed by atoms with Crippen molar-refractivity contribution < 1.29 is 23.5 Å². The van der Waals surface area contributed by atoms with E-state index in [9.17, 15) is 14.0 Å². The number of anilines is 1. The maximum absolute atomic E-state index is 14.2. The lowest BCUT2D eigenvalue weighted by molar-refractivity contribution is -0.138. The van der Waals surface area contributed by atoms with Crippen LogP contribution in [0.4, 0.5) is 10.1 Å². The summed E-state index contributed by atoms with van der Waals surface area (Å²) in [6.07, 6.45) is 6.43. The Labute approximate surface area is 224 Å². The molecule has 5 rings (SSSR count).